The maximum atomic E-state index is 13.0. The molecule has 0 saturated carbocycles. The SMILES string of the molecule is COc1ccc(N2CCN(S(=O)(=O)c3nnc(NC(=O)c4ccc(Cl)cc4Cl)s3)CC2)cc1. The van der Waals surface area contributed by atoms with E-state index in [1.165, 1.54) is 22.5 Å². The van der Waals surface area contributed by atoms with Crippen molar-refractivity contribution < 1.29 is 17.9 Å². The predicted octanol–water partition coefficient (Wildman–Crippen LogP) is 3.62. The molecule has 0 unspecified atom stereocenters. The fourth-order valence-electron chi connectivity index (χ4n) is 3.29. The number of halogens is 2. The Morgan fingerprint density at radius 3 is 2.39 bits per heavy atom. The van der Waals surface area contributed by atoms with Crippen LogP contribution in [0.4, 0.5) is 10.8 Å². The Balaban J connectivity index is 1.40. The smallest absolute Gasteiger partial charge is 0.272 e. The first-order valence-corrected chi connectivity index (χ1v) is 12.8. The predicted molar refractivity (Wildman–Crippen MR) is 128 cm³/mol. The lowest BCUT2D eigenvalue weighted by molar-refractivity contribution is 0.102. The molecule has 2 heterocycles. The highest BCUT2D eigenvalue weighted by atomic mass is 35.5. The van der Waals surface area contributed by atoms with Crippen molar-refractivity contribution in [2.24, 2.45) is 0 Å². The van der Waals surface area contributed by atoms with Gasteiger partial charge in [-0.1, -0.05) is 34.5 Å². The van der Waals surface area contributed by atoms with Crippen LogP contribution in [0.25, 0.3) is 0 Å². The number of nitrogens with zero attached hydrogens (tertiary/aromatic N) is 4. The van der Waals surface area contributed by atoms with Gasteiger partial charge in [-0.15, -0.1) is 10.2 Å². The van der Waals surface area contributed by atoms with Crippen LogP contribution in [0.1, 0.15) is 10.4 Å². The first kappa shape index (κ1) is 23.7. The van der Waals surface area contributed by atoms with Crippen molar-refractivity contribution in [3.8, 4) is 5.75 Å². The van der Waals surface area contributed by atoms with Crippen molar-refractivity contribution in [1.29, 1.82) is 0 Å². The Morgan fingerprint density at radius 2 is 1.76 bits per heavy atom. The number of methoxy groups -OCH3 is 1. The maximum Gasteiger partial charge on any atom is 0.272 e. The number of nitrogens with one attached hydrogen (secondary N) is 1. The molecule has 174 valence electrons. The molecule has 3 aromatic rings. The van der Waals surface area contributed by atoms with Gasteiger partial charge in [-0.2, -0.15) is 4.31 Å². The second-order valence-electron chi connectivity index (χ2n) is 7.04. The molecule has 1 aliphatic rings. The van der Waals surface area contributed by atoms with Gasteiger partial charge in [0.15, 0.2) is 0 Å². The fourth-order valence-corrected chi connectivity index (χ4v) is 6.24. The second-order valence-corrected chi connectivity index (χ2v) is 11.0. The van der Waals surface area contributed by atoms with Crippen molar-refractivity contribution in [2.45, 2.75) is 4.34 Å². The third-order valence-electron chi connectivity index (χ3n) is 5.04. The summed E-state index contributed by atoms with van der Waals surface area (Å²) in [5, 5.41) is 10.7. The normalized spacial score (nSPS) is 14.8. The lowest BCUT2D eigenvalue weighted by Gasteiger charge is -2.34. The van der Waals surface area contributed by atoms with E-state index in [2.05, 4.69) is 20.4 Å². The van der Waals surface area contributed by atoms with Crippen LogP contribution < -0.4 is 15.0 Å². The topological polar surface area (TPSA) is 105 Å². The van der Waals surface area contributed by atoms with Crippen molar-refractivity contribution in [3.05, 3.63) is 58.1 Å². The summed E-state index contributed by atoms with van der Waals surface area (Å²) in [6, 6.07) is 12.1. The Kier molecular flexibility index (Phi) is 7.05. The van der Waals surface area contributed by atoms with Gasteiger partial charge in [-0.3, -0.25) is 10.1 Å². The standard InChI is InChI=1S/C20H19Cl2N5O4S2/c1-31-15-5-3-14(4-6-15)26-8-10-27(11-9-26)33(29,30)20-25-24-19(32-20)23-18(28)16-7-2-13(21)12-17(16)22/h2-7,12H,8-11H2,1H3,(H,23,24,28). The van der Waals surface area contributed by atoms with E-state index in [4.69, 9.17) is 27.9 Å². The highest BCUT2D eigenvalue weighted by Crippen LogP contribution is 2.27. The molecule has 0 radical (unpaired) electrons. The first-order chi connectivity index (χ1) is 15.8. The minimum atomic E-state index is -3.83. The molecule has 4 rings (SSSR count). The Bertz CT molecular complexity index is 1260. The summed E-state index contributed by atoms with van der Waals surface area (Å²) < 4.78 is 32.4. The molecule has 1 fully saturated rings. The van der Waals surface area contributed by atoms with Crippen LogP contribution >= 0.6 is 34.5 Å². The van der Waals surface area contributed by atoms with E-state index in [-0.39, 0.29) is 20.1 Å². The summed E-state index contributed by atoms with van der Waals surface area (Å²) in [6.45, 7) is 1.66. The third kappa shape index (κ3) is 5.22. The quantitative estimate of drug-likeness (QED) is 0.488. The number of hydrogen-bond donors (Lipinski definition) is 1. The van der Waals surface area contributed by atoms with Gasteiger partial charge in [-0.05, 0) is 42.5 Å². The van der Waals surface area contributed by atoms with Crippen molar-refractivity contribution in [3.63, 3.8) is 0 Å². The Labute approximate surface area is 204 Å². The summed E-state index contributed by atoms with van der Waals surface area (Å²) >= 11 is 12.7. The average Bonchev–Trinajstić information content (AvgIpc) is 3.28. The second kappa shape index (κ2) is 9.82. The summed E-state index contributed by atoms with van der Waals surface area (Å²) in [7, 11) is -2.23. The molecule has 33 heavy (non-hydrogen) atoms. The maximum absolute atomic E-state index is 13.0. The Morgan fingerprint density at radius 1 is 1.06 bits per heavy atom. The average molecular weight is 528 g/mol. The summed E-state index contributed by atoms with van der Waals surface area (Å²) in [6.07, 6.45) is 0. The highest BCUT2D eigenvalue weighted by molar-refractivity contribution is 7.91. The van der Waals surface area contributed by atoms with Crippen LogP contribution in [0.3, 0.4) is 0 Å². The number of amides is 1. The van der Waals surface area contributed by atoms with Gasteiger partial charge in [0, 0.05) is 36.9 Å². The number of carbonyl (C=O) groups excluding carboxylic acids is 1. The lowest BCUT2D eigenvalue weighted by Crippen LogP contribution is -2.48. The Hall–Kier alpha value is -2.44. The molecule has 1 aliphatic heterocycles. The summed E-state index contributed by atoms with van der Waals surface area (Å²) in [5.41, 5.74) is 1.19. The van der Waals surface area contributed by atoms with Gasteiger partial charge >= 0.3 is 0 Å². The number of benzene rings is 2. The third-order valence-corrected chi connectivity index (χ3v) is 8.67. The van der Waals surface area contributed by atoms with E-state index in [1.807, 2.05) is 24.3 Å². The van der Waals surface area contributed by atoms with Crippen molar-refractivity contribution in [2.75, 3.05) is 43.5 Å². The molecule has 0 spiro atoms. The van der Waals surface area contributed by atoms with Crippen LogP contribution in [0, 0.1) is 0 Å². The van der Waals surface area contributed by atoms with Gasteiger partial charge in [0.25, 0.3) is 15.9 Å². The van der Waals surface area contributed by atoms with E-state index in [9.17, 15) is 13.2 Å². The zero-order valence-corrected chi connectivity index (χ0v) is 20.5. The molecule has 0 bridgehead atoms. The lowest BCUT2D eigenvalue weighted by atomic mass is 10.2. The molecule has 0 atom stereocenters. The molecule has 13 heteroatoms. The van der Waals surface area contributed by atoms with Gasteiger partial charge in [0.1, 0.15) is 5.75 Å². The molecular weight excluding hydrogens is 509 g/mol. The minimum Gasteiger partial charge on any atom is -0.497 e. The number of carbonyl (C=O) groups is 1. The number of rotatable bonds is 6. The van der Waals surface area contributed by atoms with Crippen molar-refractivity contribution in [1.82, 2.24) is 14.5 Å². The number of sulfonamides is 1. The first-order valence-electron chi connectivity index (χ1n) is 9.77. The molecular formula is C20H19Cl2N5O4S2. The number of piperazine rings is 1. The summed E-state index contributed by atoms with van der Waals surface area (Å²) in [4.78, 5) is 14.5. The highest BCUT2D eigenvalue weighted by Gasteiger charge is 2.32. The van der Waals surface area contributed by atoms with Crippen LogP contribution in [0.5, 0.6) is 5.75 Å². The van der Waals surface area contributed by atoms with E-state index < -0.39 is 15.9 Å². The van der Waals surface area contributed by atoms with Crippen LogP contribution in [0.15, 0.2) is 46.8 Å². The fraction of sp³-hybridized carbons (Fsp3) is 0.250. The number of ether oxygens (including phenoxy) is 1. The van der Waals surface area contributed by atoms with E-state index in [1.54, 1.807) is 7.11 Å². The van der Waals surface area contributed by atoms with Gasteiger partial charge in [0.05, 0.1) is 17.7 Å². The van der Waals surface area contributed by atoms with Crippen LogP contribution in [0.2, 0.25) is 10.0 Å². The van der Waals surface area contributed by atoms with Gasteiger partial charge in [-0.25, -0.2) is 8.42 Å². The molecule has 1 aromatic heterocycles. The summed E-state index contributed by atoms with van der Waals surface area (Å²) in [5.74, 6) is 0.224. The van der Waals surface area contributed by atoms with Crippen LogP contribution in [-0.2, 0) is 10.0 Å². The number of anilines is 2. The van der Waals surface area contributed by atoms with Crippen molar-refractivity contribution >= 4 is 61.3 Å². The zero-order valence-electron chi connectivity index (χ0n) is 17.4. The monoisotopic (exact) mass is 527 g/mol. The number of aromatic nitrogens is 2. The van der Waals surface area contributed by atoms with Gasteiger partial charge < -0.3 is 9.64 Å². The molecule has 2 aromatic carbocycles. The van der Waals surface area contributed by atoms with E-state index in [0.717, 1.165) is 22.8 Å². The van der Waals surface area contributed by atoms with E-state index >= 15 is 0 Å². The number of hydrogen-bond acceptors (Lipinski definition) is 8. The molecule has 1 amide bonds. The molecule has 9 nitrogen and oxygen atoms in total. The minimum absolute atomic E-state index is 0.0569. The molecule has 1 saturated heterocycles. The molecule has 0 aliphatic carbocycles. The van der Waals surface area contributed by atoms with Crippen LogP contribution in [-0.4, -0.2) is 62.1 Å². The van der Waals surface area contributed by atoms with Gasteiger partial charge in [0.2, 0.25) is 9.47 Å². The molecule has 1 N–H and O–H groups in total. The van der Waals surface area contributed by atoms with E-state index in [0.29, 0.717) is 31.2 Å². The zero-order chi connectivity index (χ0) is 23.6. The largest absolute Gasteiger partial charge is 0.497 e.